The Kier molecular flexibility index (Phi) is 6.32. The standard InChI is InChI=1S/C19H20O4S/c1-2-23-19(20)14-15-24(21,22)18-11-7-6-10-17(18)13-12-16-8-4-3-5-9-16/h3-13H,2,14-15H2,1H3/b13-12+. The molecule has 0 radical (unpaired) electrons. The third-order valence-corrected chi connectivity index (χ3v) is 5.17. The quantitative estimate of drug-likeness (QED) is 0.569. The van der Waals surface area contributed by atoms with Crippen molar-refractivity contribution in [2.75, 3.05) is 12.4 Å². The van der Waals surface area contributed by atoms with Crippen LogP contribution in [0.1, 0.15) is 24.5 Å². The minimum absolute atomic E-state index is 0.146. The first-order valence-electron chi connectivity index (χ1n) is 7.73. The van der Waals surface area contributed by atoms with Crippen molar-refractivity contribution in [1.29, 1.82) is 0 Å². The molecule has 24 heavy (non-hydrogen) atoms. The molecule has 0 spiro atoms. The Balaban J connectivity index is 2.21. The van der Waals surface area contributed by atoms with Crippen molar-refractivity contribution in [3.8, 4) is 0 Å². The Morgan fingerprint density at radius 3 is 2.38 bits per heavy atom. The second kappa shape index (κ2) is 8.45. The highest BCUT2D eigenvalue weighted by Crippen LogP contribution is 2.20. The molecule has 2 aromatic carbocycles. The van der Waals surface area contributed by atoms with Gasteiger partial charge in [-0.05, 0) is 24.1 Å². The normalized spacial score (nSPS) is 11.5. The summed E-state index contributed by atoms with van der Waals surface area (Å²) in [5.74, 6) is -0.763. The highest BCUT2D eigenvalue weighted by molar-refractivity contribution is 7.91. The van der Waals surface area contributed by atoms with Crippen molar-refractivity contribution in [3.63, 3.8) is 0 Å². The second-order valence-electron chi connectivity index (χ2n) is 5.16. The van der Waals surface area contributed by atoms with E-state index in [1.165, 1.54) is 0 Å². The summed E-state index contributed by atoms with van der Waals surface area (Å²) in [4.78, 5) is 11.6. The number of hydrogen-bond donors (Lipinski definition) is 0. The lowest BCUT2D eigenvalue weighted by Crippen LogP contribution is -2.14. The summed E-state index contributed by atoms with van der Waals surface area (Å²) in [5.41, 5.74) is 1.58. The number of hydrogen-bond acceptors (Lipinski definition) is 4. The zero-order valence-electron chi connectivity index (χ0n) is 13.5. The molecule has 0 atom stereocenters. The first kappa shape index (κ1) is 17.9. The van der Waals surface area contributed by atoms with Crippen LogP contribution in [-0.2, 0) is 19.4 Å². The van der Waals surface area contributed by atoms with Crippen LogP contribution in [0.2, 0.25) is 0 Å². The first-order valence-corrected chi connectivity index (χ1v) is 9.38. The molecule has 0 aromatic heterocycles. The SMILES string of the molecule is CCOC(=O)CCS(=O)(=O)c1ccccc1/C=C/c1ccccc1. The molecule has 0 bridgehead atoms. The predicted octanol–water partition coefficient (Wildman–Crippen LogP) is 3.58. The molecule has 0 saturated heterocycles. The Labute approximate surface area is 142 Å². The maximum absolute atomic E-state index is 12.5. The number of benzene rings is 2. The monoisotopic (exact) mass is 344 g/mol. The molecule has 5 heteroatoms. The van der Waals surface area contributed by atoms with Crippen LogP contribution >= 0.6 is 0 Å². The maximum atomic E-state index is 12.5. The van der Waals surface area contributed by atoms with E-state index in [4.69, 9.17) is 4.74 Å². The smallest absolute Gasteiger partial charge is 0.306 e. The molecule has 126 valence electrons. The predicted molar refractivity (Wildman–Crippen MR) is 95.1 cm³/mol. The van der Waals surface area contributed by atoms with Gasteiger partial charge in [-0.15, -0.1) is 0 Å². The number of ether oxygens (including phenoxy) is 1. The molecule has 0 aliphatic rings. The third-order valence-electron chi connectivity index (χ3n) is 3.39. The molecule has 0 saturated carbocycles. The van der Waals surface area contributed by atoms with E-state index in [1.54, 1.807) is 37.3 Å². The van der Waals surface area contributed by atoms with E-state index in [0.29, 0.717) is 5.56 Å². The number of sulfone groups is 1. The van der Waals surface area contributed by atoms with Crippen LogP contribution in [0.25, 0.3) is 12.2 Å². The summed E-state index contributed by atoms with van der Waals surface area (Å²) in [5, 5.41) is 0. The molecule has 2 aromatic rings. The largest absolute Gasteiger partial charge is 0.466 e. The summed E-state index contributed by atoms with van der Waals surface area (Å²) >= 11 is 0. The van der Waals surface area contributed by atoms with Crippen LogP contribution in [-0.4, -0.2) is 26.7 Å². The Bertz CT molecular complexity index is 808. The zero-order valence-corrected chi connectivity index (χ0v) is 14.3. The number of carbonyl (C=O) groups excluding carboxylic acids is 1. The topological polar surface area (TPSA) is 60.4 Å². The van der Waals surface area contributed by atoms with Gasteiger partial charge < -0.3 is 4.74 Å². The van der Waals surface area contributed by atoms with Gasteiger partial charge in [0.1, 0.15) is 0 Å². The van der Waals surface area contributed by atoms with Crippen molar-refractivity contribution in [2.45, 2.75) is 18.2 Å². The number of rotatable bonds is 7. The van der Waals surface area contributed by atoms with Gasteiger partial charge in [0.25, 0.3) is 0 Å². The van der Waals surface area contributed by atoms with Crippen LogP contribution in [0, 0.1) is 0 Å². The summed E-state index contributed by atoms with van der Waals surface area (Å²) in [6.45, 7) is 1.94. The molecular formula is C19H20O4S. The molecule has 4 nitrogen and oxygen atoms in total. The van der Waals surface area contributed by atoms with Gasteiger partial charge >= 0.3 is 5.97 Å². The van der Waals surface area contributed by atoms with Crippen molar-refractivity contribution in [3.05, 3.63) is 65.7 Å². The fourth-order valence-electron chi connectivity index (χ4n) is 2.21. The molecule has 0 unspecified atom stereocenters. The lowest BCUT2D eigenvalue weighted by atomic mass is 10.1. The van der Waals surface area contributed by atoms with Crippen LogP contribution in [0.4, 0.5) is 0 Å². The Morgan fingerprint density at radius 2 is 1.67 bits per heavy atom. The lowest BCUT2D eigenvalue weighted by Gasteiger charge is -2.08. The lowest BCUT2D eigenvalue weighted by molar-refractivity contribution is -0.142. The van der Waals surface area contributed by atoms with Crippen LogP contribution in [0.3, 0.4) is 0 Å². The summed E-state index contributed by atoms with van der Waals surface area (Å²) in [7, 11) is -3.56. The maximum Gasteiger partial charge on any atom is 0.306 e. The van der Waals surface area contributed by atoms with E-state index in [9.17, 15) is 13.2 Å². The van der Waals surface area contributed by atoms with Gasteiger partial charge in [-0.1, -0.05) is 60.7 Å². The molecule has 0 amide bonds. The second-order valence-corrected chi connectivity index (χ2v) is 7.23. The zero-order chi connectivity index (χ0) is 17.4. The van der Waals surface area contributed by atoms with Crippen molar-refractivity contribution in [1.82, 2.24) is 0 Å². The molecule has 0 N–H and O–H groups in total. The third kappa shape index (κ3) is 5.06. The van der Waals surface area contributed by atoms with Crippen LogP contribution in [0.5, 0.6) is 0 Å². The van der Waals surface area contributed by atoms with E-state index in [-0.39, 0.29) is 23.7 Å². The van der Waals surface area contributed by atoms with Crippen LogP contribution < -0.4 is 0 Å². The van der Waals surface area contributed by atoms with Gasteiger partial charge in [-0.3, -0.25) is 4.79 Å². The summed E-state index contributed by atoms with van der Waals surface area (Å²) in [6, 6.07) is 16.4. The Hall–Kier alpha value is -2.40. The highest BCUT2D eigenvalue weighted by atomic mass is 32.2. The average molecular weight is 344 g/mol. The van der Waals surface area contributed by atoms with E-state index in [2.05, 4.69) is 0 Å². The summed E-state index contributed by atoms with van der Waals surface area (Å²) < 4.78 is 29.9. The molecule has 2 rings (SSSR count). The van der Waals surface area contributed by atoms with Gasteiger partial charge in [0.05, 0.1) is 23.7 Å². The molecular weight excluding hydrogens is 324 g/mol. The van der Waals surface area contributed by atoms with Crippen molar-refractivity contribution >= 4 is 28.0 Å². The molecule has 0 heterocycles. The molecule has 0 aliphatic heterocycles. The van der Waals surface area contributed by atoms with Gasteiger partial charge in [0.15, 0.2) is 9.84 Å². The fraction of sp³-hybridized carbons (Fsp3) is 0.211. The molecule has 0 fully saturated rings. The van der Waals surface area contributed by atoms with E-state index in [1.807, 2.05) is 36.4 Å². The van der Waals surface area contributed by atoms with Crippen molar-refractivity contribution in [2.24, 2.45) is 0 Å². The van der Waals surface area contributed by atoms with Crippen LogP contribution in [0.15, 0.2) is 59.5 Å². The van der Waals surface area contributed by atoms with E-state index >= 15 is 0 Å². The van der Waals surface area contributed by atoms with Crippen molar-refractivity contribution < 1.29 is 17.9 Å². The minimum atomic E-state index is -3.56. The van der Waals surface area contributed by atoms with Gasteiger partial charge in [0, 0.05) is 0 Å². The van der Waals surface area contributed by atoms with Gasteiger partial charge in [-0.25, -0.2) is 8.42 Å². The summed E-state index contributed by atoms with van der Waals surface area (Å²) in [6.07, 6.45) is 3.49. The number of esters is 1. The van der Waals surface area contributed by atoms with E-state index in [0.717, 1.165) is 5.56 Å². The fourth-order valence-corrected chi connectivity index (χ4v) is 3.65. The van der Waals surface area contributed by atoms with Gasteiger partial charge in [-0.2, -0.15) is 0 Å². The first-order chi connectivity index (χ1) is 11.5. The minimum Gasteiger partial charge on any atom is -0.466 e. The average Bonchev–Trinajstić information content (AvgIpc) is 2.60. The Morgan fingerprint density at radius 1 is 1.00 bits per heavy atom. The number of carbonyl (C=O) groups is 1. The van der Waals surface area contributed by atoms with E-state index < -0.39 is 15.8 Å². The van der Waals surface area contributed by atoms with Gasteiger partial charge in [0.2, 0.25) is 0 Å². The molecule has 0 aliphatic carbocycles. The highest BCUT2D eigenvalue weighted by Gasteiger charge is 2.19.